The van der Waals surface area contributed by atoms with Gasteiger partial charge in [0.2, 0.25) is 0 Å². The molecule has 2 aromatic rings. The van der Waals surface area contributed by atoms with Crippen molar-refractivity contribution >= 4 is 11.1 Å². The van der Waals surface area contributed by atoms with E-state index in [1.165, 1.54) is 0 Å². The largest absolute Gasteiger partial charge is 2.00 e. The minimum absolute atomic E-state index is 0. The quantitative estimate of drug-likeness (QED) is 0.749. The van der Waals surface area contributed by atoms with E-state index in [2.05, 4.69) is 16.4 Å². The topological polar surface area (TPSA) is 38.1 Å². The zero-order valence-corrected chi connectivity index (χ0v) is 12.8. The number of rotatable bonds is 1. The summed E-state index contributed by atoms with van der Waals surface area (Å²) in [4.78, 5) is 4.51. The number of hydrogen-bond donors (Lipinski definition) is 1. The Morgan fingerprint density at radius 2 is 2.12 bits per heavy atom. The molecule has 1 aliphatic heterocycles. The van der Waals surface area contributed by atoms with Crippen molar-refractivity contribution in [1.82, 2.24) is 10.3 Å². The van der Waals surface area contributed by atoms with Crippen LogP contribution in [0, 0.1) is 13.5 Å². The van der Waals surface area contributed by atoms with E-state index in [9.17, 15) is 0 Å². The van der Waals surface area contributed by atoms with Crippen LogP contribution in [0.5, 0.6) is 0 Å². The van der Waals surface area contributed by atoms with Crippen LogP contribution < -0.4 is 5.32 Å². The van der Waals surface area contributed by atoms with Gasteiger partial charge in [-0.3, -0.25) is 4.98 Å². The molecule has 0 saturated carbocycles. The number of oxazole rings is 1. The predicted molar refractivity (Wildman–Crippen MR) is 64.1 cm³/mol. The molecule has 0 atom stereocenters. The molecule has 1 aromatic carbocycles. The zero-order chi connectivity index (χ0) is 10.1. The Labute approximate surface area is 116 Å². The summed E-state index contributed by atoms with van der Waals surface area (Å²) in [6.45, 7) is 2.13. The van der Waals surface area contributed by atoms with Crippen molar-refractivity contribution in [3.05, 3.63) is 37.6 Å². The fourth-order valence-electron chi connectivity index (χ4n) is 2.08. The van der Waals surface area contributed by atoms with Gasteiger partial charge in [0, 0.05) is 11.5 Å². The maximum atomic E-state index is 5.75. The van der Waals surface area contributed by atoms with E-state index in [-0.39, 0.29) is 28.5 Å². The molecule has 1 N–H and O–H groups in total. The number of nitrogens with zero attached hydrogens (tertiary/aromatic N) is 1. The van der Waals surface area contributed by atoms with E-state index in [4.69, 9.17) is 4.42 Å². The monoisotopic (exact) mass is 400 g/mol. The van der Waals surface area contributed by atoms with Crippen LogP contribution in [-0.2, 0) is 21.1 Å². The third-order valence-electron chi connectivity index (χ3n) is 2.94. The van der Waals surface area contributed by atoms with Crippen LogP contribution in [0.4, 0.5) is 0 Å². The molecule has 0 radical (unpaired) electrons. The van der Waals surface area contributed by atoms with Crippen LogP contribution in [0.25, 0.3) is 11.1 Å². The predicted octanol–water partition coefficient (Wildman–Crippen LogP) is 2.54. The molecule has 3 nitrogen and oxygen atoms in total. The normalized spacial score (nSPS) is 16.2. The third kappa shape index (κ3) is 2.96. The van der Waals surface area contributed by atoms with Crippen molar-refractivity contribution in [2.45, 2.75) is 18.8 Å². The summed E-state index contributed by atoms with van der Waals surface area (Å²) in [7, 11) is 0. The van der Waals surface area contributed by atoms with E-state index in [0.717, 1.165) is 42.9 Å². The van der Waals surface area contributed by atoms with Crippen molar-refractivity contribution in [1.29, 1.82) is 0 Å². The summed E-state index contributed by atoms with van der Waals surface area (Å²) in [5, 5.41) is 3.34. The number of aromatic nitrogens is 1. The second-order valence-electron chi connectivity index (χ2n) is 3.97. The first-order chi connectivity index (χ1) is 7.43. The van der Waals surface area contributed by atoms with Crippen LogP contribution in [0.1, 0.15) is 24.7 Å². The van der Waals surface area contributed by atoms with Gasteiger partial charge in [0.05, 0.1) is 0 Å². The number of nitrogens with one attached hydrogen (secondary N) is 1. The Morgan fingerprint density at radius 3 is 2.82 bits per heavy atom. The first-order valence-electron chi connectivity index (χ1n) is 5.41. The summed E-state index contributed by atoms with van der Waals surface area (Å²) in [5.74, 6) is 1.38. The van der Waals surface area contributed by atoms with E-state index >= 15 is 0 Å². The number of hydrogen-bond acceptors (Lipinski definition) is 3. The summed E-state index contributed by atoms with van der Waals surface area (Å²) < 4.78 is 5.75. The van der Waals surface area contributed by atoms with Crippen LogP contribution in [0.15, 0.2) is 22.6 Å². The van der Waals surface area contributed by atoms with E-state index in [1.54, 1.807) is 0 Å². The smallest absolute Gasteiger partial charge is 0.467 e. The summed E-state index contributed by atoms with van der Waals surface area (Å²) in [6.07, 6.45) is 2.24. The number of benzene rings is 1. The Bertz CT molecular complexity index is 430. The van der Waals surface area contributed by atoms with Crippen LogP contribution >= 0.6 is 0 Å². The molecule has 4 heteroatoms. The zero-order valence-electron chi connectivity index (χ0n) is 9.90. The van der Waals surface area contributed by atoms with Gasteiger partial charge in [-0.05, 0) is 31.4 Å². The van der Waals surface area contributed by atoms with Crippen molar-refractivity contribution in [2.75, 3.05) is 13.1 Å². The molecule has 0 unspecified atom stereocenters. The Balaban J connectivity index is 0.000000722. The van der Waals surface area contributed by atoms with Crippen LogP contribution in [0.2, 0.25) is 0 Å². The Morgan fingerprint density at radius 1 is 1.35 bits per heavy atom. The van der Waals surface area contributed by atoms with Crippen molar-refractivity contribution in [3.8, 4) is 0 Å². The van der Waals surface area contributed by atoms with Gasteiger partial charge in [0.25, 0.3) is 0 Å². The van der Waals surface area contributed by atoms with Crippen molar-refractivity contribution in [2.24, 2.45) is 0 Å². The van der Waals surface area contributed by atoms with Gasteiger partial charge in [-0.25, -0.2) is 0 Å². The van der Waals surface area contributed by atoms with Crippen LogP contribution in [0.3, 0.4) is 0 Å². The minimum Gasteiger partial charge on any atom is -0.467 e. The molecule has 1 aromatic heterocycles. The fourth-order valence-corrected chi connectivity index (χ4v) is 2.08. The standard InChI is InChI=1S/C12H13N2O.CH3.W/c1-2-4-11-10(3-1)14-12(15-11)9-5-7-13-8-6-9;;/h2-4,9,13H,5-8H2;1H3;/q2*-1;+2. The first kappa shape index (κ1) is 14.4. The van der Waals surface area contributed by atoms with Gasteiger partial charge >= 0.3 is 21.1 Å². The van der Waals surface area contributed by atoms with Crippen molar-refractivity contribution < 1.29 is 25.5 Å². The van der Waals surface area contributed by atoms with Gasteiger partial charge in [-0.2, -0.15) is 12.1 Å². The average molecular weight is 400 g/mol. The third-order valence-corrected chi connectivity index (χ3v) is 2.94. The molecule has 1 saturated heterocycles. The SMILES string of the molecule is [CH3-].[W+2].[c-]1ccc2oc(C3CCNCC3)nc2c1. The molecular weight excluding hydrogens is 384 g/mol. The summed E-state index contributed by atoms with van der Waals surface area (Å²) in [6, 6.07) is 8.68. The van der Waals surface area contributed by atoms with Crippen molar-refractivity contribution in [3.63, 3.8) is 0 Å². The number of piperidine rings is 1. The Hall–Kier alpha value is -0.662. The molecule has 0 aliphatic carbocycles. The molecule has 2 heterocycles. The fraction of sp³-hybridized carbons (Fsp3) is 0.385. The molecule has 1 aliphatic rings. The molecule has 17 heavy (non-hydrogen) atoms. The molecule has 1 fully saturated rings. The molecule has 90 valence electrons. The number of fused-ring (bicyclic) bond motifs is 1. The Kier molecular flexibility index (Phi) is 5.35. The minimum atomic E-state index is 0. The second kappa shape index (κ2) is 6.32. The molecule has 0 amide bonds. The van der Waals surface area contributed by atoms with Gasteiger partial charge in [-0.15, -0.1) is 12.1 Å². The first-order valence-corrected chi connectivity index (χ1v) is 5.41. The van der Waals surface area contributed by atoms with E-state index in [0.29, 0.717) is 5.92 Å². The summed E-state index contributed by atoms with van der Waals surface area (Å²) in [5.41, 5.74) is 1.80. The summed E-state index contributed by atoms with van der Waals surface area (Å²) >= 11 is 0. The van der Waals surface area contributed by atoms with E-state index < -0.39 is 0 Å². The molecule has 3 rings (SSSR count). The maximum Gasteiger partial charge on any atom is 2.00 e. The molecular formula is C13H16N2OW. The molecule has 0 bridgehead atoms. The maximum absolute atomic E-state index is 5.75. The second-order valence-corrected chi connectivity index (χ2v) is 3.97. The van der Waals surface area contributed by atoms with Gasteiger partial charge in [0.1, 0.15) is 0 Å². The van der Waals surface area contributed by atoms with Gasteiger partial charge < -0.3 is 17.2 Å². The average Bonchev–Trinajstić information content (AvgIpc) is 2.74. The van der Waals surface area contributed by atoms with E-state index in [1.807, 2.05) is 18.2 Å². The van der Waals surface area contributed by atoms with Crippen LogP contribution in [-0.4, -0.2) is 18.1 Å². The van der Waals surface area contributed by atoms with Gasteiger partial charge in [0.15, 0.2) is 5.89 Å². The van der Waals surface area contributed by atoms with Gasteiger partial charge in [-0.1, -0.05) is 0 Å². The molecule has 0 spiro atoms.